The van der Waals surface area contributed by atoms with Crippen LogP contribution >= 0.6 is 0 Å². The van der Waals surface area contributed by atoms with Gasteiger partial charge in [-0.3, -0.25) is 14.4 Å². The maximum Gasteiger partial charge on any atom is 0.309 e. The third kappa shape index (κ3) is 15.4. The molecule has 3 aliphatic heterocycles. The smallest absolute Gasteiger partial charge is 0.309 e. The van der Waals surface area contributed by atoms with Crippen LogP contribution in [0.5, 0.6) is 0 Å². The fraction of sp³-hybridized carbons (Fsp3) is 0.538. The van der Waals surface area contributed by atoms with Crippen molar-refractivity contribution in [1.29, 1.82) is 0 Å². The van der Waals surface area contributed by atoms with Crippen molar-refractivity contribution in [3.8, 4) is 0 Å². The third-order valence-electron chi connectivity index (χ3n) is 16.2. The van der Waals surface area contributed by atoms with Gasteiger partial charge in [-0.25, -0.2) is 5.06 Å². The molecule has 0 radical (unpaired) electrons. The predicted molar refractivity (Wildman–Crippen MR) is 315 cm³/mol. The largest absolute Gasteiger partial charge is 0.462 e. The van der Waals surface area contributed by atoms with Gasteiger partial charge >= 0.3 is 5.97 Å². The minimum absolute atomic E-state index is 0.0138. The lowest BCUT2D eigenvalue weighted by Crippen LogP contribution is -2.66. The summed E-state index contributed by atoms with van der Waals surface area (Å²) in [6.07, 6.45) is 11.6. The van der Waals surface area contributed by atoms with Crippen LogP contribution in [0.15, 0.2) is 146 Å². The zero-order valence-corrected chi connectivity index (χ0v) is 50.2. The minimum atomic E-state index is -2.50. The van der Waals surface area contributed by atoms with Crippen molar-refractivity contribution in [2.75, 3.05) is 27.4 Å². The van der Waals surface area contributed by atoms with Crippen molar-refractivity contribution in [1.82, 2.24) is 5.06 Å². The Labute approximate surface area is 460 Å². The second kappa shape index (κ2) is 27.9. The van der Waals surface area contributed by atoms with E-state index in [-0.39, 0.29) is 64.3 Å². The highest BCUT2D eigenvalue weighted by atomic mass is 28.4. The van der Waals surface area contributed by atoms with Crippen molar-refractivity contribution in [3.63, 3.8) is 0 Å². The summed E-state index contributed by atoms with van der Waals surface area (Å²) >= 11 is 0. The van der Waals surface area contributed by atoms with Crippen LogP contribution in [-0.4, -0.2) is 91.5 Å². The van der Waals surface area contributed by atoms with E-state index in [9.17, 15) is 9.59 Å². The molecule has 414 valence electrons. The Morgan fingerprint density at radius 2 is 1.03 bits per heavy atom. The van der Waals surface area contributed by atoms with Crippen LogP contribution in [0.25, 0.3) is 0 Å². The Morgan fingerprint density at radius 1 is 0.632 bits per heavy atom. The topological polar surface area (TPSA) is 92.8 Å². The standard InChI is InChI=1S/C34H51NO4Si.C31H42O4Si/c1-26(24-28(3)33(36)35(7)37-8)21-22-32-27(2)25-29(39-32)16-15-23-38-40(34(4,5)6,30-17-11-9-12-18-30)31-19-13-10-14-20-31;1-23-21-25(34-29(23)19-18-26-22-24(2)30(32)35-26)13-12-20-33-36(31(3,4)5,27-14-8-6-9-15-27)28-16-10-7-11-17-28/h9-14,17-20,26,28-29,32H,2,15-16,21-25H2,1,3-8H3;6-11,14-17,24-26,29H,1,12-13,18-22H2,2-5H3/t26?,28-,29+,32+;24-,25+,26?,29+/m11/s1. The van der Waals surface area contributed by atoms with E-state index in [0.717, 1.165) is 77.0 Å². The van der Waals surface area contributed by atoms with Crippen molar-refractivity contribution in [3.05, 3.63) is 146 Å². The number of benzene rings is 4. The molecule has 0 N–H and O–H groups in total. The number of esters is 1. The Balaban J connectivity index is 0.000000248. The average Bonchev–Trinajstić information content (AvgIpc) is 4.10. The van der Waals surface area contributed by atoms with Gasteiger partial charge in [0.05, 0.1) is 37.4 Å². The predicted octanol–water partition coefficient (Wildman–Crippen LogP) is 12.3. The first-order chi connectivity index (χ1) is 36.2. The van der Waals surface area contributed by atoms with Crippen molar-refractivity contribution in [2.45, 2.75) is 180 Å². The minimum Gasteiger partial charge on any atom is -0.462 e. The van der Waals surface area contributed by atoms with Gasteiger partial charge in [0.1, 0.15) is 6.10 Å². The van der Waals surface area contributed by atoms with Gasteiger partial charge < -0.3 is 23.1 Å². The van der Waals surface area contributed by atoms with Gasteiger partial charge in [0, 0.05) is 26.2 Å². The molecule has 9 nitrogen and oxygen atoms in total. The van der Waals surface area contributed by atoms with Crippen molar-refractivity contribution >= 4 is 49.3 Å². The SMILES string of the molecule is C=C1C[C@H](CCCO[Si](c2ccccc2)(c2ccccc2)C(C)(C)C)O[C@H]1CCC(C)C[C@@H](C)C(=O)N(C)OC.C=C1C[C@H](CCCO[Si](c2ccccc2)(c2ccccc2)C(C)(C)C)O[C@H]1CCC1C[C@@H](C)C(=O)O1. The zero-order chi connectivity index (χ0) is 55.1. The van der Waals surface area contributed by atoms with E-state index in [2.05, 4.69) is 183 Å². The quantitative estimate of drug-likeness (QED) is 0.0225. The molecule has 2 unspecified atom stereocenters. The van der Waals surface area contributed by atoms with E-state index >= 15 is 0 Å². The first kappa shape index (κ1) is 60.8. The molecule has 11 heteroatoms. The second-order valence-corrected chi connectivity index (χ2v) is 32.7. The number of hydrogen-bond acceptors (Lipinski definition) is 8. The Hall–Kier alpha value is -4.47. The van der Waals surface area contributed by atoms with Crippen LogP contribution in [0.3, 0.4) is 0 Å². The van der Waals surface area contributed by atoms with E-state index in [1.54, 1.807) is 7.05 Å². The molecule has 3 heterocycles. The average molecular weight is 1070 g/mol. The lowest BCUT2D eigenvalue weighted by atomic mass is 9.91. The van der Waals surface area contributed by atoms with E-state index in [1.165, 1.54) is 44.1 Å². The number of ether oxygens (including phenoxy) is 3. The molecule has 0 aromatic heterocycles. The number of hydrogen-bond donors (Lipinski definition) is 0. The summed E-state index contributed by atoms with van der Waals surface area (Å²) in [5.74, 6) is 0.350. The normalized spacial score (nSPS) is 22.0. The van der Waals surface area contributed by atoms with Crippen molar-refractivity contribution in [2.24, 2.45) is 17.8 Å². The van der Waals surface area contributed by atoms with Crippen LogP contribution in [-0.2, 0) is 37.5 Å². The van der Waals surface area contributed by atoms with Crippen LogP contribution in [0.4, 0.5) is 0 Å². The highest BCUT2D eigenvalue weighted by molar-refractivity contribution is 7.00. The molecule has 3 fully saturated rings. The molecule has 0 aliphatic carbocycles. The van der Waals surface area contributed by atoms with Crippen LogP contribution < -0.4 is 20.7 Å². The number of nitrogens with zero attached hydrogens (tertiary/aromatic N) is 1. The van der Waals surface area contributed by atoms with Gasteiger partial charge in [0.2, 0.25) is 5.91 Å². The molecule has 8 atom stereocenters. The Kier molecular flexibility index (Phi) is 22.3. The molecular weight excluding hydrogens is 979 g/mol. The van der Waals surface area contributed by atoms with Gasteiger partial charge in [-0.05, 0) is 125 Å². The van der Waals surface area contributed by atoms with Crippen LogP contribution in [0.2, 0.25) is 10.1 Å². The van der Waals surface area contributed by atoms with Gasteiger partial charge in [-0.1, -0.05) is 197 Å². The molecule has 76 heavy (non-hydrogen) atoms. The van der Waals surface area contributed by atoms with E-state index in [0.29, 0.717) is 19.1 Å². The monoisotopic (exact) mass is 1070 g/mol. The van der Waals surface area contributed by atoms with E-state index < -0.39 is 16.6 Å². The number of carbonyl (C=O) groups is 2. The number of rotatable bonds is 24. The van der Waals surface area contributed by atoms with Gasteiger partial charge in [0.25, 0.3) is 16.6 Å². The summed E-state index contributed by atoms with van der Waals surface area (Å²) < 4.78 is 32.4. The number of carbonyl (C=O) groups excluding carboxylic acids is 2. The molecule has 7 rings (SSSR count). The molecular formula is C65H93NO8Si2. The van der Waals surface area contributed by atoms with Crippen LogP contribution in [0.1, 0.15) is 139 Å². The molecule has 0 spiro atoms. The summed E-state index contributed by atoms with van der Waals surface area (Å²) in [5.41, 5.74) is 2.37. The molecule has 3 aliphatic rings. The molecule has 1 amide bonds. The summed E-state index contributed by atoms with van der Waals surface area (Å²) in [6, 6.07) is 43.3. The Bertz CT molecular complexity index is 2340. The maximum absolute atomic E-state index is 12.3. The fourth-order valence-corrected chi connectivity index (χ4v) is 21.3. The zero-order valence-electron chi connectivity index (χ0n) is 48.2. The summed E-state index contributed by atoms with van der Waals surface area (Å²) in [6.45, 7) is 30.1. The molecule has 0 saturated carbocycles. The summed E-state index contributed by atoms with van der Waals surface area (Å²) in [7, 11) is -1.81. The highest BCUT2D eigenvalue weighted by Crippen LogP contribution is 2.40. The second-order valence-electron chi connectivity index (χ2n) is 24.1. The fourth-order valence-electron chi connectivity index (χ4n) is 12.1. The lowest BCUT2D eigenvalue weighted by molar-refractivity contribution is -0.173. The van der Waals surface area contributed by atoms with Crippen molar-refractivity contribution < 1.29 is 37.5 Å². The molecule has 3 saturated heterocycles. The van der Waals surface area contributed by atoms with Crippen LogP contribution in [0, 0.1) is 17.8 Å². The first-order valence-electron chi connectivity index (χ1n) is 28.4. The maximum atomic E-state index is 12.3. The number of amides is 1. The summed E-state index contributed by atoms with van der Waals surface area (Å²) in [5, 5.41) is 6.56. The molecule has 4 aromatic carbocycles. The number of cyclic esters (lactones) is 1. The number of hydroxylamine groups is 2. The third-order valence-corrected chi connectivity index (χ3v) is 26.2. The van der Waals surface area contributed by atoms with Gasteiger partial charge in [0.15, 0.2) is 0 Å². The first-order valence-corrected chi connectivity index (χ1v) is 32.2. The highest BCUT2D eigenvalue weighted by Gasteiger charge is 2.51. The van der Waals surface area contributed by atoms with E-state index in [1.807, 2.05) is 13.8 Å². The molecule has 4 aromatic rings. The van der Waals surface area contributed by atoms with Gasteiger partial charge in [-0.15, -0.1) is 0 Å². The lowest BCUT2D eigenvalue weighted by Gasteiger charge is -2.43. The van der Waals surface area contributed by atoms with Gasteiger partial charge in [-0.2, -0.15) is 0 Å². The Morgan fingerprint density at radius 3 is 1.38 bits per heavy atom. The summed E-state index contributed by atoms with van der Waals surface area (Å²) in [4.78, 5) is 29.0. The molecule has 0 bridgehead atoms. The van der Waals surface area contributed by atoms with E-state index in [4.69, 9.17) is 27.9 Å².